The SMILES string of the molecule is CCC(C)CS(=O)(=O)C1Cc2ccc(OC)cc2C1NC. The van der Waals surface area contributed by atoms with Gasteiger partial charge >= 0.3 is 0 Å². The number of fused-ring (bicyclic) bond motifs is 1. The van der Waals surface area contributed by atoms with E-state index in [1.807, 2.05) is 39.1 Å². The van der Waals surface area contributed by atoms with E-state index in [4.69, 9.17) is 4.74 Å². The highest BCUT2D eigenvalue weighted by Gasteiger charge is 2.40. The summed E-state index contributed by atoms with van der Waals surface area (Å²) in [5.41, 5.74) is 2.16. The van der Waals surface area contributed by atoms with Crippen LogP contribution < -0.4 is 10.1 Å². The molecule has 3 atom stereocenters. The first-order valence-corrected chi connectivity index (χ1v) is 9.20. The van der Waals surface area contributed by atoms with Crippen molar-refractivity contribution in [3.05, 3.63) is 29.3 Å². The van der Waals surface area contributed by atoms with Crippen molar-refractivity contribution in [3.63, 3.8) is 0 Å². The Kier molecular flexibility index (Phi) is 4.94. The summed E-state index contributed by atoms with van der Waals surface area (Å²) in [6.45, 7) is 4.03. The maximum atomic E-state index is 12.7. The fourth-order valence-electron chi connectivity index (χ4n) is 3.02. The Bertz CT molecular complexity index is 598. The van der Waals surface area contributed by atoms with Gasteiger partial charge in [0.1, 0.15) is 5.75 Å². The van der Waals surface area contributed by atoms with Crippen LogP contribution in [0.25, 0.3) is 0 Å². The molecule has 1 aliphatic carbocycles. The molecule has 5 heteroatoms. The molecule has 0 fully saturated rings. The van der Waals surface area contributed by atoms with Gasteiger partial charge in [-0.3, -0.25) is 0 Å². The summed E-state index contributed by atoms with van der Waals surface area (Å²) < 4.78 is 30.7. The Balaban J connectivity index is 2.32. The third kappa shape index (κ3) is 3.24. The number of ether oxygens (including phenoxy) is 1. The average molecular weight is 311 g/mol. The van der Waals surface area contributed by atoms with Crippen molar-refractivity contribution in [2.45, 2.75) is 38.0 Å². The molecular weight excluding hydrogens is 286 g/mol. The molecule has 1 N–H and O–H groups in total. The molecule has 118 valence electrons. The molecule has 0 radical (unpaired) electrons. The van der Waals surface area contributed by atoms with Gasteiger partial charge in [0.2, 0.25) is 0 Å². The van der Waals surface area contributed by atoms with Gasteiger partial charge in [0.15, 0.2) is 9.84 Å². The van der Waals surface area contributed by atoms with Crippen LogP contribution in [-0.4, -0.2) is 33.6 Å². The number of sulfone groups is 1. The molecule has 3 unspecified atom stereocenters. The molecule has 0 saturated carbocycles. The van der Waals surface area contributed by atoms with Crippen LogP contribution in [-0.2, 0) is 16.3 Å². The zero-order valence-electron chi connectivity index (χ0n) is 13.2. The Labute approximate surface area is 127 Å². The number of nitrogens with one attached hydrogen (secondary N) is 1. The lowest BCUT2D eigenvalue weighted by Crippen LogP contribution is -2.35. The van der Waals surface area contributed by atoms with Crippen molar-refractivity contribution in [3.8, 4) is 5.75 Å². The number of rotatable bonds is 6. The zero-order valence-corrected chi connectivity index (χ0v) is 14.0. The average Bonchev–Trinajstić information content (AvgIpc) is 2.84. The van der Waals surface area contributed by atoms with Crippen LogP contribution in [0.1, 0.15) is 37.4 Å². The van der Waals surface area contributed by atoms with Gasteiger partial charge in [0.05, 0.1) is 18.1 Å². The smallest absolute Gasteiger partial charge is 0.155 e. The van der Waals surface area contributed by atoms with Crippen LogP contribution >= 0.6 is 0 Å². The zero-order chi connectivity index (χ0) is 15.6. The van der Waals surface area contributed by atoms with E-state index in [-0.39, 0.29) is 23.0 Å². The van der Waals surface area contributed by atoms with Gasteiger partial charge in [-0.1, -0.05) is 26.3 Å². The lowest BCUT2D eigenvalue weighted by Gasteiger charge is -2.22. The number of methoxy groups -OCH3 is 1. The maximum Gasteiger partial charge on any atom is 0.155 e. The second kappa shape index (κ2) is 6.36. The van der Waals surface area contributed by atoms with Gasteiger partial charge in [0, 0.05) is 6.04 Å². The minimum atomic E-state index is -3.12. The summed E-state index contributed by atoms with van der Waals surface area (Å²) in [5.74, 6) is 1.23. The van der Waals surface area contributed by atoms with Crippen molar-refractivity contribution in [1.82, 2.24) is 5.32 Å². The first-order valence-electron chi connectivity index (χ1n) is 7.48. The maximum absolute atomic E-state index is 12.7. The van der Waals surface area contributed by atoms with Crippen LogP contribution in [0.2, 0.25) is 0 Å². The van der Waals surface area contributed by atoms with E-state index in [0.29, 0.717) is 6.42 Å². The van der Waals surface area contributed by atoms with Crippen LogP contribution in [0.3, 0.4) is 0 Å². The normalized spacial score (nSPS) is 22.9. The van der Waals surface area contributed by atoms with E-state index >= 15 is 0 Å². The Morgan fingerprint density at radius 2 is 2.14 bits per heavy atom. The molecule has 21 heavy (non-hydrogen) atoms. The summed E-state index contributed by atoms with van der Waals surface area (Å²) >= 11 is 0. The highest BCUT2D eigenvalue weighted by Crippen LogP contribution is 2.38. The number of hydrogen-bond donors (Lipinski definition) is 1. The fraction of sp³-hybridized carbons (Fsp3) is 0.625. The molecule has 1 aromatic carbocycles. The fourth-order valence-corrected chi connectivity index (χ4v) is 5.43. The number of benzene rings is 1. The lowest BCUT2D eigenvalue weighted by molar-refractivity contribution is 0.413. The highest BCUT2D eigenvalue weighted by molar-refractivity contribution is 7.92. The van der Waals surface area contributed by atoms with E-state index in [0.717, 1.165) is 23.3 Å². The monoisotopic (exact) mass is 311 g/mol. The standard InChI is InChI=1S/C16H25NO3S/c1-5-11(2)10-21(18,19)15-8-12-6-7-13(20-4)9-14(12)16(15)17-3/h6-7,9,11,15-17H,5,8,10H2,1-4H3. The predicted molar refractivity (Wildman–Crippen MR) is 85.5 cm³/mol. The van der Waals surface area contributed by atoms with Gasteiger partial charge in [0.25, 0.3) is 0 Å². The quantitative estimate of drug-likeness (QED) is 0.876. The van der Waals surface area contributed by atoms with Gasteiger partial charge in [-0.2, -0.15) is 0 Å². The summed E-state index contributed by atoms with van der Waals surface area (Å²) in [5, 5.41) is 2.81. The molecule has 0 amide bonds. The summed E-state index contributed by atoms with van der Waals surface area (Å²) in [4.78, 5) is 0. The second-order valence-corrected chi connectivity index (χ2v) is 8.18. The molecule has 1 aromatic rings. The van der Waals surface area contributed by atoms with E-state index in [1.165, 1.54) is 0 Å². The largest absolute Gasteiger partial charge is 0.497 e. The summed E-state index contributed by atoms with van der Waals surface area (Å²) in [6.07, 6.45) is 1.47. The molecule has 4 nitrogen and oxygen atoms in total. The topological polar surface area (TPSA) is 55.4 Å². The molecule has 0 bridgehead atoms. The van der Waals surface area contributed by atoms with Gasteiger partial charge in [-0.05, 0) is 42.6 Å². The third-order valence-corrected chi connectivity index (χ3v) is 6.86. The Morgan fingerprint density at radius 3 is 2.71 bits per heavy atom. The van der Waals surface area contributed by atoms with Crippen LogP contribution in [0.4, 0.5) is 0 Å². The summed E-state index contributed by atoms with van der Waals surface area (Å²) in [7, 11) is 0.328. The van der Waals surface area contributed by atoms with Crippen LogP contribution in [0.5, 0.6) is 5.75 Å². The molecule has 0 heterocycles. The number of hydrogen-bond acceptors (Lipinski definition) is 4. The van der Waals surface area contributed by atoms with Crippen molar-refractivity contribution >= 4 is 9.84 Å². The second-order valence-electron chi connectivity index (χ2n) is 5.92. The lowest BCUT2D eigenvalue weighted by atomic mass is 10.1. The molecule has 0 aliphatic heterocycles. The summed E-state index contributed by atoms with van der Waals surface area (Å²) in [6, 6.07) is 5.69. The first kappa shape index (κ1) is 16.3. The van der Waals surface area contributed by atoms with Crippen molar-refractivity contribution in [2.75, 3.05) is 19.9 Å². The Hall–Kier alpha value is -1.07. The van der Waals surface area contributed by atoms with E-state index in [1.54, 1.807) is 7.11 Å². The van der Waals surface area contributed by atoms with Crippen molar-refractivity contribution < 1.29 is 13.2 Å². The minimum absolute atomic E-state index is 0.149. The van der Waals surface area contributed by atoms with Gasteiger partial charge < -0.3 is 10.1 Å². The van der Waals surface area contributed by atoms with Gasteiger partial charge in [-0.25, -0.2) is 8.42 Å². The predicted octanol–water partition coefficient (Wildman–Crippen LogP) is 2.34. The van der Waals surface area contributed by atoms with Crippen molar-refractivity contribution in [1.29, 1.82) is 0 Å². The van der Waals surface area contributed by atoms with E-state index < -0.39 is 9.84 Å². The van der Waals surface area contributed by atoms with Crippen LogP contribution in [0, 0.1) is 5.92 Å². The molecule has 1 aliphatic rings. The van der Waals surface area contributed by atoms with E-state index in [9.17, 15) is 8.42 Å². The third-order valence-electron chi connectivity index (χ3n) is 4.47. The molecular formula is C16H25NO3S. The van der Waals surface area contributed by atoms with Gasteiger partial charge in [-0.15, -0.1) is 0 Å². The van der Waals surface area contributed by atoms with Crippen LogP contribution in [0.15, 0.2) is 18.2 Å². The molecule has 0 saturated heterocycles. The first-order chi connectivity index (χ1) is 9.92. The molecule has 0 aromatic heterocycles. The molecule has 0 spiro atoms. The highest BCUT2D eigenvalue weighted by atomic mass is 32.2. The molecule has 2 rings (SSSR count). The Morgan fingerprint density at radius 1 is 1.43 bits per heavy atom. The van der Waals surface area contributed by atoms with Crippen molar-refractivity contribution in [2.24, 2.45) is 5.92 Å². The minimum Gasteiger partial charge on any atom is -0.497 e. The van der Waals surface area contributed by atoms with E-state index in [2.05, 4.69) is 5.32 Å².